The lowest BCUT2D eigenvalue weighted by molar-refractivity contribution is -0.117. The van der Waals surface area contributed by atoms with Gasteiger partial charge in [0.2, 0.25) is 0 Å². The third-order valence-electron chi connectivity index (χ3n) is 4.11. The first-order valence-corrected chi connectivity index (χ1v) is 9.89. The maximum Gasteiger partial charge on any atom is 0.261 e. The highest BCUT2D eigenvalue weighted by atomic mass is 35.5. The van der Waals surface area contributed by atoms with Gasteiger partial charge in [-0.3, -0.25) is 4.79 Å². The van der Waals surface area contributed by atoms with Gasteiger partial charge in [0.15, 0.2) is 11.5 Å². The highest BCUT2D eigenvalue weighted by Crippen LogP contribution is 2.32. The lowest BCUT2D eigenvalue weighted by Crippen LogP contribution is -2.25. The third-order valence-corrected chi connectivity index (χ3v) is 4.82. The van der Waals surface area contributed by atoms with Gasteiger partial charge in [0.25, 0.3) is 5.91 Å². The van der Waals surface area contributed by atoms with E-state index in [1.807, 2.05) is 13.0 Å². The maximum absolute atomic E-state index is 12.1. The fourth-order valence-electron chi connectivity index (χ4n) is 2.50. The van der Waals surface area contributed by atoms with Crippen molar-refractivity contribution in [1.82, 2.24) is 5.32 Å². The molecule has 2 aromatic carbocycles. The smallest absolute Gasteiger partial charge is 0.261 e. The van der Waals surface area contributed by atoms with Crippen LogP contribution in [0.5, 0.6) is 11.5 Å². The van der Waals surface area contributed by atoms with Crippen LogP contribution in [0.25, 0.3) is 6.08 Å². The largest absolute Gasteiger partial charge is 0.493 e. The van der Waals surface area contributed by atoms with Crippen molar-refractivity contribution < 1.29 is 14.3 Å². The Morgan fingerprint density at radius 3 is 2.55 bits per heavy atom. The van der Waals surface area contributed by atoms with Gasteiger partial charge >= 0.3 is 0 Å². The molecule has 0 saturated carbocycles. The number of nitriles is 1. The van der Waals surface area contributed by atoms with Crippen LogP contribution >= 0.6 is 23.2 Å². The minimum absolute atomic E-state index is 0.0275. The Kier molecular flexibility index (Phi) is 8.85. The van der Waals surface area contributed by atoms with Crippen molar-refractivity contribution in [3.05, 3.63) is 63.1 Å². The molecule has 0 fully saturated rings. The summed E-state index contributed by atoms with van der Waals surface area (Å²) in [5.74, 6) is 0.561. The average Bonchev–Trinajstić information content (AvgIpc) is 2.72. The first-order valence-electron chi connectivity index (χ1n) is 9.13. The number of carbonyl (C=O) groups excluding carboxylic acids is 1. The van der Waals surface area contributed by atoms with Gasteiger partial charge in [0.1, 0.15) is 18.2 Å². The number of hydrogen-bond donors (Lipinski definition) is 1. The van der Waals surface area contributed by atoms with Crippen LogP contribution in [0.15, 0.2) is 42.0 Å². The van der Waals surface area contributed by atoms with Gasteiger partial charge in [-0.05, 0) is 42.3 Å². The Labute approximate surface area is 180 Å². The molecule has 7 heteroatoms. The Bertz CT molecular complexity index is 916. The lowest BCUT2D eigenvalue weighted by Gasteiger charge is -2.13. The number of unbranched alkanes of at least 4 members (excludes halogenated alkanes) is 1. The van der Waals surface area contributed by atoms with E-state index in [2.05, 4.69) is 5.32 Å². The summed E-state index contributed by atoms with van der Waals surface area (Å²) in [7, 11) is 1.51. The first kappa shape index (κ1) is 22.6. The van der Waals surface area contributed by atoms with E-state index in [-0.39, 0.29) is 12.2 Å². The fourth-order valence-corrected chi connectivity index (χ4v) is 3.01. The fraction of sp³-hybridized carbons (Fsp3) is 0.273. The molecular formula is C22H22Cl2N2O3. The molecule has 0 aromatic heterocycles. The standard InChI is InChI=1S/C22H22Cl2N2O3/c1-3-4-10-26-22(27)16(13-25)11-15-8-9-20(21(12-15)28-2)29-14-17-18(23)6-5-7-19(17)24/h5-9,11-12H,3-4,10,14H2,1-2H3,(H,26,27)/b16-11-. The second-order valence-corrected chi connectivity index (χ2v) is 6.99. The summed E-state index contributed by atoms with van der Waals surface area (Å²) in [5, 5.41) is 13.1. The first-order chi connectivity index (χ1) is 14.0. The van der Waals surface area contributed by atoms with Crippen molar-refractivity contribution in [3.8, 4) is 17.6 Å². The van der Waals surface area contributed by atoms with Gasteiger partial charge < -0.3 is 14.8 Å². The zero-order chi connectivity index (χ0) is 21.2. The van der Waals surface area contributed by atoms with Gasteiger partial charge in [-0.25, -0.2) is 0 Å². The molecule has 0 heterocycles. The minimum atomic E-state index is -0.395. The molecule has 0 atom stereocenters. The summed E-state index contributed by atoms with van der Waals surface area (Å²) < 4.78 is 11.2. The van der Waals surface area contributed by atoms with Gasteiger partial charge in [-0.2, -0.15) is 5.26 Å². The summed E-state index contributed by atoms with van der Waals surface area (Å²) in [6.07, 6.45) is 3.34. The Hall–Kier alpha value is -2.68. The summed E-state index contributed by atoms with van der Waals surface area (Å²) in [6.45, 7) is 2.74. The van der Waals surface area contributed by atoms with Crippen LogP contribution in [0.2, 0.25) is 10.0 Å². The minimum Gasteiger partial charge on any atom is -0.493 e. The molecule has 0 radical (unpaired) electrons. The Morgan fingerprint density at radius 1 is 1.21 bits per heavy atom. The molecule has 1 amide bonds. The van der Waals surface area contributed by atoms with Crippen molar-refractivity contribution in [2.75, 3.05) is 13.7 Å². The molecule has 0 aliphatic carbocycles. The zero-order valence-electron chi connectivity index (χ0n) is 16.3. The van der Waals surface area contributed by atoms with Crippen LogP contribution in [0.3, 0.4) is 0 Å². The van der Waals surface area contributed by atoms with Crippen LogP contribution in [0.1, 0.15) is 30.9 Å². The topological polar surface area (TPSA) is 71.4 Å². The molecule has 152 valence electrons. The monoisotopic (exact) mass is 432 g/mol. The number of halogens is 2. The van der Waals surface area contributed by atoms with E-state index < -0.39 is 5.91 Å². The number of methoxy groups -OCH3 is 1. The van der Waals surface area contributed by atoms with Gasteiger partial charge in [0, 0.05) is 22.2 Å². The lowest BCUT2D eigenvalue weighted by atomic mass is 10.1. The summed E-state index contributed by atoms with van der Waals surface area (Å²) in [4.78, 5) is 12.1. The molecule has 0 saturated heterocycles. The third kappa shape index (κ3) is 6.42. The highest BCUT2D eigenvalue weighted by Gasteiger charge is 2.12. The van der Waals surface area contributed by atoms with Gasteiger partial charge in [-0.15, -0.1) is 0 Å². The van der Waals surface area contributed by atoms with Crippen molar-refractivity contribution in [3.63, 3.8) is 0 Å². The second-order valence-electron chi connectivity index (χ2n) is 6.18. The predicted octanol–water partition coefficient (Wildman–Crippen LogP) is 5.40. The SMILES string of the molecule is CCCCNC(=O)/C(C#N)=C\c1ccc(OCc2c(Cl)cccc2Cl)c(OC)c1. The normalized spacial score (nSPS) is 10.9. The molecule has 0 unspecified atom stereocenters. The van der Waals surface area contributed by atoms with E-state index >= 15 is 0 Å². The molecule has 2 aromatic rings. The molecule has 29 heavy (non-hydrogen) atoms. The van der Waals surface area contributed by atoms with E-state index in [0.29, 0.717) is 39.2 Å². The van der Waals surface area contributed by atoms with Crippen LogP contribution in [-0.4, -0.2) is 19.6 Å². The van der Waals surface area contributed by atoms with Crippen LogP contribution in [0, 0.1) is 11.3 Å². The number of nitrogens with zero attached hydrogens (tertiary/aromatic N) is 1. The number of ether oxygens (including phenoxy) is 2. The van der Waals surface area contributed by atoms with Gasteiger partial charge in [0.05, 0.1) is 7.11 Å². The number of benzene rings is 2. The molecule has 2 rings (SSSR count). The maximum atomic E-state index is 12.1. The van der Waals surface area contributed by atoms with E-state index in [0.717, 1.165) is 12.8 Å². The molecule has 1 N–H and O–H groups in total. The van der Waals surface area contributed by atoms with Crippen molar-refractivity contribution in [2.24, 2.45) is 0 Å². The van der Waals surface area contributed by atoms with Crippen molar-refractivity contribution in [1.29, 1.82) is 5.26 Å². The highest BCUT2D eigenvalue weighted by molar-refractivity contribution is 6.35. The number of hydrogen-bond acceptors (Lipinski definition) is 4. The Balaban J connectivity index is 2.17. The van der Waals surface area contributed by atoms with Crippen LogP contribution in [0.4, 0.5) is 0 Å². The summed E-state index contributed by atoms with van der Waals surface area (Å²) >= 11 is 12.3. The van der Waals surface area contributed by atoms with Crippen molar-refractivity contribution >= 4 is 35.2 Å². The Morgan fingerprint density at radius 2 is 1.93 bits per heavy atom. The van der Waals surface area contributed by atoms with Crippen LogP contribution < -0.4 is 14.8 Å². The zero-order valence-corrected chi connectivity index (χ0v) is 17.8. The number of nitrogens with one attached hydrogen (secondary N) is 1. The molecule has 0 aliphatic heterocycles. The van der Waals surface area contributed by atoms with E-state index in [1.165, 1.54) is 13.2 Å². The summed E-state index contributed by atoms with van der Waals surface area (Å²) in [6, 6.07) is 12.3. The van der Waals surface area contributed by atoms with Crippen molar-refractivity contribution in [2.45, 2.75) is 26.4 Å². The quantitative estimate of drug-likeness (QED) is 0.326. The molecule has 5 nitrogen and oxygen atoms in total. The van der Waals surface area contributed by atoms with E-state index in [9.17, 15) is 10.1 Å². The molecule has 0 aliphatic rings. The van der Waals surface area contributed by atoms with E-state index in [1.54, 1.807) is 36.4 Å². The van der Waals surface area contributed by atoms with Crippen LogP contribution in [-0.2, 0) is 11.4 Å². The number of carbonyl (C=O) groups is 1. The molecular weight excluding hydrogens is 411 g/mol. The molecule has 0 spiro atoms. The second kappa shape index (κ2) is 11.4. The summed E-state index contributed by atoms with van der Waals surface area (Å²) in [5.41, 5.74) is 1.35. The predicted molar refractivity (Wildman–Crippen MR) is 115 cm³/mol. The van der Waals surface area contributed by atoms with E-state index in [4.69, 9.17) is 32.7 Å². The average molecular weight is 433 g/mol. The number of amides is 1. The number of rotatable bonds is 9. The van der Waals surface area contributed by atoms with Gasteiger partial charge in [-0.1, -0.05) is 48.7 Å². The molecule has 0 bridgehead atoms.